The van der Waals surface area contributed by atoms with Crippen molar-refractivity contribution in [1.82, 2.24) is 15.6 Å². The highest BCUT2D eigenvalue weighted by Gasteiger charge is 2.11. The van der Waals surface area contributed by atoms with Gasteiger partial charge in [-0.1, -0.05) is 0 Å². The van der Waals surface area contributed by atoms with E-state index in [1.165, 1.54) is 0 Å². The lowest BCUT2D eigenvalue weighted by Gasteiger charge is -2.26. The molecule has 1 aromatic carbocycles. The molecule has 0 aliphatic carbocycles. The molecule has 26 heavy (non-hydrogen) atoms. The molecule has 0 bridgehead atoms. The lowest BCUT2D eigenvalue weighted by atomic mass is 10.2. The lowest BCUT2D eigenvalue weighted by Crippen LogP contribution is -2.42. The van der Waals surface area contributed by atoms with Gasteiger partial charge >= 0.3 is 0 Å². The van der Waals surface area contributed by atoms with Crippen molar-refractivity contribution in [3.63, 3.8) is 0 Å². The number of nitrogens with zero attached hydrogens (tertiary/aromatic N) is 2. The molecule has 0 amide bonds. The molecule has 0 radical (unpaired) electrons. The molecular weight excluding hydrogens is 420 g/mol. The smallest absolute Gasteiger partial charge is 0.187 e. The first kappa shape index (κ1) is 20.9. The molecule has 1 heterocycles. The largest absolute Gasteiger partial charge is 0.493 e. The van der Waals surface area contributed by atoms with Gasteiger partial charge in [-0.15, -0.1) is 0 Å². The summed E-state index contributed by atoms with van der Waals surface area (Å²) < 4.78 is 17.1. The summed E-state index contributed by atoms with van der Waals surface area (Å²) in [5.74, 6) is 1.33. The molecule has 0 atom stereocenters. The van der Waals surface area contributed by atoms with Crippen molar-refractivity contribution in [2.75, 3.05) is 53.1 Å². The zero-order valence-electron chi connectivity index (χ0n) is 15.1. The topological polar surface area (TPSA) is 67.4 Å². The van der Waals surface area contributed by atoms with Crippen LogP contribution in [0.25, 0.3) is 0 Å². The van der Waals surface area contributed by atoms with Crippen molar-refractivity contribution in [2.45, 2.75) is 6.92 Å². The minimum Gasteiger partial charge on any atom is -0.493 e. The van der Waals surface area contributed by atoms with Gasteiger partial charge in [-0.05, 0) is 52.8 Å². The highest BCUT2D eigenvalue weighted by molar-refractivity contribution is 9.10. The van der Waals surface area contributed by atoms with Gasteiger partial charge in [0, 0.05) is 26.2 Å². The van der Waals surface area contributed by atoms with E-state index in [4.69, 9.17) is 26.4 Å². The average molecular weight is 445 g/mol. The zero-order valence-corrected chi connectivity index (χ0v) is 17.5. The summed E-state index contributed by atoms with van der Waals surface area (Å²) in [5.41, 5.74) is 3.69. The van der Waals surface area contributed by atoms with E-state index in [1.807, 2.05) is 19.1 Å². The van der Waals surface area contributed by atoms with Crippen LogP contribution in [0, 0.1) is 0 Å². The molecule has 0 spiro atoms. The SMILES string of the molecule is CCOc1c(Br)cc(/C=N/NC(=S)NCCN2CCOCC2)cc1OC. The molecule has 7 nitrogen and oxygen atoms in total. The van der Waals surface area contributed by atoms with E-state index in [-0.39, 0.29) is 0 Å². The summed E-state index contributed by atoms with van der Waals surface area (Å²) in [6, 6.07) is 3.77. The monoisotopic (exact) mass is 444 g/mol. The molecule has 1 aliphatic heterocycles. The summed E-state index contributed by atoms with van der Waals surface area (Å²) in [4.78, 5) is 2.34. The standard InChI is InChI=1S/C17H25BrN4O3S/c1-3-25-16-14(18)10-13(11-15(16)23-2)12-20-21-17(26)19-4-5-22-6-8-24-9-7-22/h10-12H,3-9H2,1-2H3,(H2,19,21,26)/b20-12+. The summed E-state index contributed by atoms with van der Waals surface area (Å²) >= 11 is 8.73. The van der Waals surface area contributed by atoms with E-state index in [1.54, 1.807) is 13.3 Å². The van der Waals surface area contributed by atoms with Gasteiger partial charge in [-0.25, -0.2) is 0 Å². The third-order valence-corrected chi connectivity index (χ3v) is 4.56. The summed E-state index contributed by atoms with van der Waals surface area (Å²) in [7, 11) is 1.61. The van der Waals surface area contributed by atoms with Crippen LogP contribution in [0.15, 0.2) is 21.7 Å². The van der Waals surface area contributed by atoms with Crippen LogP contribution in [-0.2, 0) is 4.74 Å². The molecule has 9 heteroatoms. The number of rotatable bonds is 8. The van der Waals surface area contributed by atoms with Gasteiger partial charge in [0.05, 0.1) is 37.6 Å². The van der Waals surface area contributed by atoms with Crippen molar-refractivity contribution < 1.29 is 14.2 Å². The predicted octanol–water partition coefficient (Wildman–Crippen LogP) is 1.99. The van der Waals surface area contributed by atoms with Crippen LogP contribution in [0.3, 0.4) is 0 Å². The molecule has 1 aromatic rings. The van der Waals surface area contributed by atoms with Crippen LogP contribution in [0.2, 0.25) is 0 Å². The third kappa shape index (κ3) is 6.71. The van der Waals surface area contributed by atoms with Gasteiger partial charge in [0.25, 0.3) is 0 Å². The van der Waals surface area contributed by atoms with Crippen molar-refractivity contribution in [2.24, 2.45) is 5.10 Å². The van der Waals surface area contributed by atoms with Crippen LogP contribution >= 0.6 is 28.1 Å². The second kappa shape index (κ2) is 11.3. The van der Waals surface area contributed by atoms with Gasteiger partial charge in [-0.2, -0.15) is 5.10 Å². The molecule has 0 aromatic heterocycles. The Balaban J connectivity index is 1.79. The Labute approximate surface area is 168 Å². The Bertz CT molecular complexity index is 624. The highest BCUT2D eigenvalue weighted by Crippen LogP contribution is 2.36. The number of hydrazone groups is 1. The Hall–Kier alpha value is -1.42. The Morgan fingerprint density at radius 3 is 2.88 bits per heavy atom. The molecule has 144 valence electrons. The highest BCUT2D eigenvalue weighted by atomic mass is 79.9. The normalized spacial score (nSPS) is 15.0. The van der Waals surface area contributed by atoms with E-state index in [9.17, 15) is 0 Å². The lowest BCUT2D eigenvalue weighted by molar-refractivity contribution is 0.0389. The maximum atomic E-state index is 5.58. The first-order valence-corrected chi connectivity index (χ1v) is 9.71. The number of thiocarbonyl (C=S) groups is 1. The maximum absolute atomic E-state index is 5.58. The molecule has 2 rings (SSSR count). The second-order valence-electron chi connectivity index (χ2n) is 5.55. The number of morpholine rings is 1. The number of methoxy groups -OCH3 is 1. The van der Waals surface area contributed by atoms with E-state index in [2.05, 4.69) is 36.7 Å². The quantitative estimate of drug-likeness (QED) is 0.361. The van der Waals surface area contributed by atoms with Gasteiger partial charge in [0.1, 0.15) is 0 Å². The molecule has 2 N–H and O–H groups in total. The minimum atomic E-state index is 0.492. The fourth-order valence-electron chi connectivity index (χ4n) is 2.46. The molecular formula is C17H25BrN4O3S. The van der Waals surface area contributed by atoms with E-state index >= 15 is 0 Å². The summed E-state index contributed by atoms with van der Waals surface area (Å²) in [6.07, 6.45) is 1.68. The van der Waals surface area contributed by atoms with E-state index in [0.717, 1.165) is 49.4 Å². The Morgan fingerprint density at radius 2 is 2.19 bits per heavy atom. The van der Waals surface area contributed by atoms with Crippen molar-refractivity contribution in [3.8, 4) is 11.5 Å². The van der Waals surface area contributed by atoms with Gasteiger partial charge in [0.2, 0.25) is 0 Å². The first-order valence-electron chi connectivity index (χ1n) is 8.51. The van der Waals surface area contributed by atoms with Crippen LogP contribution in [0.5, 0.6) is 11.5 Å². The fraction of sp³-hybridized carbons (Fsp3) is 0.529. The maximum Gasteiger partial charge on any atom is 0.187 e. The van der Waals surface area contributed by atoms with Gasteiger partial charge in [-0.3, -0.25) is 10.3 Å². The van der Waals surface area contributed by atoms with Crippen molar-refractivity contribution in [3.05, 3.63) is 22.2 Å². The fourth-order valence-corrected chi connectivity index (χ4v) is 3.18. The van der Waals surface area contributed by atoms with Gasteiger partial charge < -0.3 is 19.5 Å². The number of benzene rings is 1. The number of halogens is 1. The first-order chi connectivity index (χ1) is 12.6. The summed E-state index contributed by atoms with van der Waals surface area (Å²) in [6.45, 7) is 7.72. The van der Waals surface area contributed by atoms with Gasteiger partial charge in [0.15, 0.2) is 16.6 Å². The average Bonchev–Trinajstić information content (AvgIpc) is 2.64. The van der Waals surface area contributed by atoms with Crippen LogP contribution in [-0.4, -0.2) is 69.3 Å². The molecule has 0 unspecified atom stereocenters. The van der Waals surface area contributed by atoms with Crippen molar-refractivity contribution in [1.29, 1.82) is 0 Å². The minimum absolute atomic E-state index is 0.492. The molecule has 0 saturated carbocycles. The number of ether oxygens (including phenoxy) is 3. The third-order valence-electron chi connectivity index (χ3n) is 3.74. The molecule has 1 saturated heterocycles. The van der Waals surface area contributed by atoms with E-state index < -0.39 is 0 Å². The molecule has 1 fully saturated rings. The Morgan fingerprint density at radius 1 is 1.42 bits per heavy atom. The van der Waals surface area contributed by atoms with Crippen molar-refractivity contribution >= 4 is 39.5 Å². The van der Waals surface area contributed by atoms with Crippen LogP contribution in [0.4, 0.5) is 0 Å². The second-order valence-corrected chi connectivity index (χ2v) is 6.81. The van der Waals surface area contributed by atoms with Crippen LogP contribution in [0.1, 0.15) is 12.5 Å². The Kier molecular flexibility index (Phi) is 9.10. The summed E-state index contributed by atoms with van der Waals surface area (Å²) in [5, 5.41) is 7.81. The number of hydrogen-bond acceptors (Lipinski definition) is 6. The number of hydrogen-bond donors (Lipinski definition) is 2. The van der Waals surface area contributed by atoms with Crippen LogP contribution < -0.4 is 20.2 Å². The molecule has 1 aliphatic rings. The number of nitrogens with one attached hydrogen (secondary N) is 2. The predicted molar refractivity (Wildman–Crippen MR) is 110 cm³/mol. The zero-order chi connectivity index (χ0) is 18.8. The van der Waals surface area contributed by atoms with E-state index in [0.29, 0.717) is 23.2 Å².